The van der Waals surface area contributed by atoms with Gasteiger partial charge in [0.1, 0.15) is 24.2 Å². The average Bonchev–Trinajstić information content (AvgIpc) is 3.42. The van der Waals surface area contributed by atoms with Gasteiger partial charge in [-0.1, -0.05) is 65.8 Å². The Kier molecular flexibility index (Phi) is 8.33. The molecule has 40 heavy (non-hydrogen) atoms. The molecule has 14 heteroatoms. The molecule has 2 amide bonds. The van der Waals surface area contributed by atoms with Crippen LogP contribution < -0.4 is 11.1 Å². The molecular weight excluding hydrogens is 576 g/mol. The Bertz CT molecular complexity index is 1440. The van der Waals surface area contributed by atoms with E-state index in [0.717, 1.165) is 22.7 Å². The van der Waals surface area contributed by atoms with Crippen molar-refractivity contribution in [1.82, 2.24) is 19.6 Å². The van der Waals surface area contributed by atoms with Gasteiger partial charge in [0.2, 0.25) is 11.5 Å². The Hall–Kier alpha value is -3.94. The van der Waals surface area contributed by atoms with Crippen LogP contribution in [0.3, 0.4) is 0 Å². The Morgan fingerprint density at radius 2 is 1.82 bits per heavy atom. The van der Waals surface area contributed by atoms with Gasteiger partial charge in [-0.2, -0.15) is 9.36 Å². The van der Waals surface area contributed by atoms with Crippen LogP contribution in [0, 0.1) is 0 Å². The van der Waals surface area contributed by atoms with E-state index in [1.807, 2.05) is 60.7 Å². The van der Waals surface area contributed by atoms with Crippen molar-refractivity contribution in [2.75, 3.05) is 24.5 Å². The number of hydrogen-bond acceptors (Lipinski definition) is 11. The van der Waals surface area contributed by atoms with E-state index in [4.69, 9.17) is 26.9 Å². The topological polar surface area (TPSA) is 149 Å². The van der Waals surface area contributed by atoms with Crippen molar-refractivity contribution in [3.05, 3.63) is 88.9 Å². The van der Waals surface area contributed by atoms with Crippen molar-refractivity contribution in [2.24, 2.45) is 5.16 Å². The first-order chi connectivity index (χ1) is 19.4. The lowest BCUT2D eigenvalue weighted by Gasteiger charge is -2.49. The van der Waals surface area contributed by atoms with Crippen LogP contribution in [0.25, 0.3) is 0 Å². The number of amides is 2. The van der Waals surface area contributed by atoms with Crippen molar-refractivity contribution in [3.8, 4) is 0 Å². The van der Waals surface area contributed by atoms with Crippen LogP contribution in [0.5, 0.6) is 0 Å². The molecule has 2 aliphatic heterocycles. The Morgan fingerprint density at radius 1 is 1.18 bits per heavy atom. The first-order valence-corrected chi connectivity index (χ1v) is 14.3. The van der Waals surface area contributed by atoms with Crippen LogP contribution in [0.2, 0.25) is 0 Å². The SMILES string of the molecule is CO/N=C(/C(=O)NC1C(=O)N2C(C(=O)OC(c3ccccc3)c3ccccc3)=C(CCl)CSC12)c1nsc(N)n1. The van der Waals surface area contributed by atoms with E-state index in [0.29, 0.717) is 11.3 Å². The Balaban J connectivity index is 1.37. The van der Waals surface area contributed by atoms with E-state index in [1.54, 1.807) is 0 Å². The second kappa shape index (κ2) is 12.1. The van der Waals surface area contributed by atoms with E-state index in [-0.39, 0.29) is 28.2 Å². The number of β-lactam (4-membered cyclic amide) rings is 1. The monoisotopic (exact) mass is 598 g/mol. The summed E-state index contributed by atoms with van der Waals surface area (Å²) in [6, 6.07) is 17.7. The normalized spacial score (nSPS) is 18.7. The van der Waals surface area contributed by atoms with Gasteiger partial charge < -0.3 is 20.6 Å². The summed E-state index contributed by atoms with van der Waals surface area (Å²) in [4.78, 5) is 50.1. The smallest absolute Gasteiger partial charge is 0.356 e. The van der Waals surface area contributed by atoms with Crippen molar-refractivity contribution in [3.63, 3.8) is 0 Å². The summed E-state index contributed by atoms with van der Waals surface area (Å²) in [6.07, 6.45) is -0.704. The van der Waals surface area contributed by atoms with Gasteiger partial charge in [0.25, 0.3) is 11.8 Å². The number of rotatable bonds is 9. The number of anilines is 1. The lowest BCUT2D eigenvalue weighted by Crippen LogP contribution is -2.71. The molecule has 3 heterocycles. The molecule has 0 saturated carbocycles. The number of fused-ring (bicyclic) bond motifs is 1. The highest BCUT2D eigenvalue weighted by Crippen LogP contribution is 2.42. The molecule has 0 bridgehead atoms. The zero-order chi connectivity index (χ0) is 28.2. The highest BCUT2D eigenvalue weighted by Gasteiger charge is 2.55. The number of hydrogen-bond donors (Lipinski definition) is 2. The fraction of sp³-hybridized carbons (Fsp3) is 0.231. The van der Waals surface area contributed by atoms with Crippen LogP contribution in [0.1, 0.15) is 23.1 Å². The first kappa shape index (κ1) is 27.6. The summed E-state index contributed by atoms with van der Waals surface area (Å²) in [5.74, 6) is -1.50. The number of ether oxygens (including phenoxy) is 1. The first-order valence-electron chi connectivity index (χ1n) is 12.0. The fourth-order valence-corrected chi connectivity index (χ4v) is 6.45. The second-order valence-corrected chi connectivity index (χ2v) is 10.8. The van der Waals surface area contributed by atoms with E-state index in [9.17, 15) is 14.4 Å². The molecule has 3 aromatic rings. The quantitative estimate of drug-likeness (QED) is 0.125. The molecule has 2 unspecified atom stereocenters. The lowest BCUT2D eigenvalue weighted by atomic mass is 10.0. The third kappa shape index (κ3) is 5.40. The third-order valence-electron chi connectivity index (χ3n) is 6.17. The number of alkyl halides is 1. The number of oxime groups is 1. The zero-order valence-corrected chi connectivity index (χ0v) is 23.4. The van der Waals surface area contributed by atoms with Gasteiger partial charge in [-0.15, -0.1) is 23.4 Å². The number of benzene rings is 2. The third-order valence-corrected chi connectivity index (χ3v) is 8.37. The number of nitrogens with one attached hydrogen (secondary N) is 1. The maximum Gasteiger partial charge on any atom is 0.356 e. The highest BCUT2D eigenvalue weighted by atomic mass is 35.5. The number of carbonyl (C=O) groups is 3. The van der Waals surface area contributed by atoms with Crippen molar-refractivity contribution >= 4 is 63.5 Å². The summed E-state index contributed by atoms with van der Waals surface area (Å²) >= 11 is 8.47. The second-order valence-electron chi connectivity index (χ2n) is 8.63. The number of nitrogens with two attached hydrogens (primary N) is 1. The van der Waals surface area contributed by atoms with Gasteiger partial charge in [-0.05, 0) is 16.7 Å². The summed E-state index contributed by atoms with van der Waals surface area (Å²) in [5, 5.41) is 5.95. The molecule has 1 fully saturated rings. The molecule has 11 nitrogen and oxygen atoms in total. The molecule has 0 spiro atoms. The molecule has 2 atom stereocenters. The molecule has 0 aliphatic carbocycles. The molecule has 5 rings (SSSR count). The Morgan fingerprint density at radius 3 is 2.38 bits per heavy atom. The van der Waals surface area contributed by atoms with Crippen molar-refractivity contribution in [2.45, 2.75) is 17.5 Å². The van der Waals surface area contributed by atoms with Crippen LogP contribution in [-0.4, -0.2) is 67.9 Å². The van der Waals surface area contributed by atoms with Crippen LogP contribution in [0.15, 0.2) is 77.1 Å². The number of nitrogen functional groups attached to an aromatic ring is 1. The molecule has 3 N–H and O–H groups in total. The predicted octanol–water partition coefficient (Wildman–Crippen LogP) is 2.70. The van der Waals surface area contributed by atoms with Gasteiger partial charge in [0.15, 0.2) is 11.2 Å². The van der Waals surface area contributed by atoms with Crippen molar-refractivity contribution in [1.29, 1.82) is 0 Å². The van der Waals surface area contributed by atoms with E-state index < -0.39 is 35.3 Å². The van der Waals surface area contributed by atoms with Crippen molar-refractivity contribution < 1.29 is 24.0 Å². The average molecular weight is 599 g/mol. The van der Waals surface area contributed by atoms with Crippen LogP contribution >= 0.6 is 34.9 Å². The largest absolute Gasteiger partial charge is 0.448 e. The number of carbonyl (C=O) groups excluding carboxylic acids is 3. The molecule has 1 saturated heterocycles. The molecule has 2 aromatic carbocycles. The maximum atomic E-state index is 13.7. The number of halogens is 1. The molecule has 1 aromatic heterocycles. The summed E-state index contributed by atoms with van der Waals surface area (Å²) in [5.41, 5.74) is 7.61. The predicted molar refractivity (Wildman–Crippen MR) is 151 cm³/mol. The minimum Gasteiger partial charge on any atom is -0.448 e. The standard InChI is InChI=1S/C26H23ClN6O5S2/c1-37-31-17(21-30-26(28)40-32-21)22(34)29-18-23(35)33-19(16(12-27)13-39-24(18)33)25(36)38-20(14-8-4-2-5-9-14)15-10-6-3-7-11-15/h2-11,18,20,24H,12-13H2,1H3,(H,29,34)(H2,28,30,32)/b31-17+. The molecule has 206 valence electrons. The van der Waals surface area contributed by atoms with Crippen LogP contribution in [0.4, 0.5) is 5.13 Å². The molecule has 2 aliphatic rings. The van der Waals surface area contributed by atoms with Gasteiger partial charge in [-0.3, -0.25) is 14.5 Å². The Labute approximate surface area is 242 Å². The summed E-state index contributed by atoms with van der Waals surface area (Å²) in [7, 11) is 1.27. The van der Waals surface area contributed by atoms with E-state index in [2.05, 4.69) is 19.8 Å². The summed E-state index contributed by atoms with van der Waals surface area (Å²) < 4.78 is 10.0. The number of nitrogens with zero attached hydrogens (tertiary/aromatic N) is 4. The van der Waals surface area contributed by atoms with Gasteiger partial charge >= 0.3 is 5.97 Å². The minimum absolute atomic E-state index is 0.0248. The fourth-order valence-electron chi connectivity index (χ4n) is 4.34. The van der Waals surface area contributed by atoms with Gasteiger partial charge in [-0.25, -0.2) is 4.79 Å². The lowest BCUT2D eigenvalue weighted by molar-refractivity contribution is -0.154. The highest BCUT2D eigenvalue weighted by molar-refractivity contribution is 8.00. The summed E-state index contributed by atoms with van der Waals surface area (Å²) in [6.45, 7) is 0. The van der Waals surface area contributed by atoms with E-state index >= 15 is 0 Å². The number of aromatic nitrogens is 2. The zero-order valence-electron chi connectivity index (χ0n) is 21.0. The van der Waals surface area contributed by atoms with Gasteiger partial charge in [0.05, 0.1) is 0 Å². The molecular formula is C26H23ClN6O5S2. The van der Waals surface area contributed by atoms with E-state index in [1.165, 1.54) is 23.8 Å². The van der Waals surface area contributed by atoms with Crippen LogP contribution in [-0.2, 0) is 24.0 Å². The number of esters is 1. The maximum absolute atomic E-state index is 13.7. The number of thioether (sulfide) groups is 1. The molecule has 0 radical (unpaired) electrons. The van der Waals surface area contributed by atoms with Gasteiger partial charge in [0, 0.05) is 23.2 Å². The minimum atomic E-state index is -0.936.